The van der Waals surface area contributed by atoms with Crippen LogP contribution in [0.25, 0.3) is 0 Å². The molecule has 4 nitrogen and oxygen atoms in total. The first-order chi connectivity index (χ1) is 4.54. The van der Waals surface area contributed by atoms with Crippen molar-refractivity contribution in [1.82, 2.24) is 5.32 Å². The molecule has 0 spiro atoms. The van der Waals surface area contributed by atoms with E-state index in [2.05, 4.69) is 5.32 Å². The van der Waals surface area contributed by atoms with E-state index in [9.17, 15) is 9.59 Å². The van der Waals surface area contributed by atoms with E-state index in [1.54, 1.807) is 0 Å². The van der Waals surface area contributed by atoms with Gasteiger partial charge in [0.2, 0.25) is 11.8 Å². The second-order valence-electron chi connectivity index (χ2n) is 1.89. The van der Waals surface area contributed by atoms with Crippen molar-refractivity contribution >= 4 is 11.8 Å². The number of carbonyl (C=O) groups is 2. The number of amides is 2. The second kappa shape index (κ2) is 3.66. The summed E-state index contributed by atoms with van der Waals surface area (Å²) in [5.74, 6) is -0.755. The molecule has 0 aromatic carbocycles. The number of hydrogen-bond acceptors (Lipinski definition) is 2. The van der Waals surface area contributed by atoms with Crippen LogP contribution in [0.1, 0.15) is 13.8 Å². The fourth-order valence-corrected chi connectivity index (χ4v) is 0.281. The van der Waals surface area contributed by atoms with Gasteiger partial charge in [0.25, 0.3) is 0 Å². The van der Waals surface area contributed by atoms with Crippen molar-refractivity contribution in [3.8, 4) is 0 Å². The van der Waals surface area contributed by atoms with Crippen LogP contribution in [0.15, 0.2) is 11.8 Å². The van der Waals surface area contributed by atoms with Gasteiger partial charge in [-0.1, -0.05) is 0 Å². The van der Waals surface area contributed by atoms with Crippen LogP contribution < -0.4 is 11.1 Å². The summed E-state index contributed by atoms with van der Waals surface area (Å²) >= 11 is 0. The number of hydrogen-bond donors (Lipinski definition) is 2. The van der Waals surface area contributed by atoms with Crippen LogP contribution in [0.3, 0.4) is 0 Å². The number of rotatable bonds is 2. The fourth-order valence-electron chi connectivity index (χ4n) is 0.281. The Kier molecular flexibility index (Phi) is 3.17. The van der Waals surface area contributed by atoms with Crippen molar-refractivity contribution in [3.63, 3.8) is 0 Å². The maximum atomic E-state index is 10.3. The summed E-state index contributed by atoms with van der Waals surface area (Å²) in [5, 5.41) is 2.32. The van der Waals surface area contributed by atoms with Gasteiger partial charge in [-0.3, -0.25) is 9.59 Å². The molecule has 0 rings (SSSR count). The molecule has 0 bridgehead atoms. The number of carbonyl (C=O) groups excluding carboxylic acids is 2. The highest BCUT2D eigenvalue weighted by Crippen LogP contribution is 1.85. The van der Waals surface area contributed by atoms with E-state index in [1.165, 1.54) is 20.0 Å². The fraction of sp³-hybridized carbons (Fsp3) is 0.333. The van der Waals surface area contributed by atoms with Gasteiger partial charge >= 0.3 is 0 Å². The summed E-state index contributed by atoms with van der Waals surface area (Å²) in [6, 6.07) is 0. The zero-order valence-electron chi connectivity index (χ0n) is 5.97. The Hall–Kier alpha value is -1.32. The number of nitrogens with two attached hydrogens (primary N) is 1. The predicted molar refractivity (Wildman–Crippen MR) is 36.8 cm³/mol. The van der Waals surface area contributed by atoms with E-state index in [1.807, 2.05) is 0 Å². The summed E-state index contributed by atoms with van der Waals surface area (Å²) in [5.41, 5.74) is 5.19. The van der Waals surface area contributed by atoms with Crippen LogP contribution in [-0.4, -0.2) is 11.8 Å². The third kappa shape index (κ3) is 3.65. The summed E-state index contributed by atoms with van der Waals surface area (Å²) in [7, 11) is 0. The van der Waals surface area contributed by atoms with Gasteiger partial charge in [0.15, 0.2) is 0 Å². The van der Waals surface area contributed by atoms with Gasteiger partial charge in [-0.2, -0.15) is 0 Å². The molecule has 10 heavy (non-hydrogen) atoms. The van der Waals surface area contributed by atoms with E-state index in [-0.39, 0.29) is 5.91 Å². The quantitative estimate of drug-likeness (QED) is 0.511. The minimum atomic E-state index is -0.534. The Morgan fingerprint density at radius 3 is 2.20 bits per heavy atom. The normalized spacial score (nSPS) is 10.8. The molecule has 0 aromatic rings. The monoisotopic (exact) mass is 142 g/mol. The number of nitrogens with one attached hydrogen (secondary N) is 1. The maximum Gasteiger partial charge on any atom is 0.245 e. The Balaban J connectivity index is 3.92. The Morgan fingerprint density at radius 1 is 1.40 bits per heavy atom. The smallest absolute Gasteiger partial charge is 0.245 e. The van der Waals surface area contributed by atoms with Gasteiger partial charge < -0.3 is 11.1 Å². The topological polar surface area (TPSA) is 72.2 Å². The van der Waals surface area contributed by atoms with Crippen LogP contribution in [0.5, 0.6) is 0 Å². The molecule has 0 aliphatic carbocycles. The van der Waals surface area contributed by atoms with Crippen LogP contribution in [0.2, 0.25) is 0 Å². The van der Waals surface area contributed by atoms with Crippen molar-refractivity contribution in [3.05, 3.63) is 11.8 Å². The highest BCUT2D eigenvalue weighted by molar-refractivity contribution is 5.91. The number of primary amides is 1. The van der Waals surface area contributed by atoms with Crippen molar-refractivity contribution in [2.24, 2.45) is 5.73 Å². The molecule has 0 saturated carbocycles. The SMILES string of the molecule is CC(=O)N/C=C(/C)C(N)=O. The minimum Gasteiger partial charge on any atom is -0.366 e. The first-order valence-corrected chi connectivity index (χ1v) is 2.77. The summed E-state index contributed by atoms with van der Waals surface area (Å²) < 4.78 is 0. The third-order valence-electron chi connectivity index (χ3n) is 0.881. The average molecular weight is 142 g/mol. The first-order valence-electron chi connectivity index (χ1n) is 2.77. The summed E-state index contributed by atoms with van der Waals surface area (Å²) in [6.07, 6.45) is 1.28. The first kappa shape index (κ1) is 8.68. The van der Waals surface area contributed by atoms with Crippen molar-refractivity contribution in [2.75, 3.05) is 0 Å². The van der Waals surface area contributed by atoms with Gasteiger partial charge in [0.1, 0.15) is 0 Å². The highest BCUT2D eigenvalue weighted by Gasteiger charge is 1.95. The molecule has 0 aliphatic rings. The van der Waals surface area contributed by atoms with Gasteiger partial charge in [-0.15, -0.1) is 0 Å². The van der Waals surface area contributed by atoms with E-state index >= 15 is 0 Å². The molecule has 56 valence electrons. The maximum absolute atomic E-state index is 10.3. The van der Waals surface area contributed by atoms with Gasteiger partial charge in [-0.05, 0) is 6.92 Å². The molecule has 0 aliphatic heterocycles. The molecule has 0 aromatic heterocycles. The van der Waals surface area contributed by atoms with Crippen LogP contribution >= 0.6 is 0 Å². The molecule has 0 heterocycles. The largest absolute Gasteiger partial charge is 0.366 e. The van der Waals surface area contributed by atoms with Crippen LogP contribution in [0.4, 0.5) is 0 Å². The lowest BCUT2D eigenvalue weighted by molar-refractivity contribution is -0.118. The third-order valence-corrected chi connectivity index (χ3v) is 0.881. The van der Waals surface area contributed by atoms with Crippen molar-refractivity contribution in [2.45, 2.75) is 13.8 Å². The zero-order valence-corrected chi connectivity index (χ0v) is 5.97. The lowest BCUT2D eigenvalue weighted by atomic mass is 10.3. The van der Waals surface area contributed by atoms with Gasteiger partial charge in [0.05, 0.1) is 0 Å². The predicted octanol–water partition coefficient (Wildman–Crippen LogP) is -0.488. The van der Waals surface area contributed by atoms with Crippen LogP contribution in [-0.2, 0) is 9.59 Å². The summed E-state index contributed by atoms with van der Waals surface area (Å²) in [4.78, 5) is 20.6. The molecule has 0 atom stereocenters. The Bertz CT molecular complexity index is 184. The van der Waals surface area contributed by atoms with Gasteiger partial charge in [-0.25, -0.2) is 0 Å². The Labute approximate surface area is 59.1 Å². The standard InChI is InChI=1S/C6H10N2O2/c1-4(6(7)10)3-8-5(2)9/h3H,1-2H3,(H2,7,10)(H,8,9)/b4-3-. The van der Waals surface area contributed by atoms with E-state index < -0.39 is 5.91 Å². The van der Waals surface area contributed by atoms with E-state index in [4.69, 9.17) is 5.73 Å². The second-order valence-corrected chi connectivity index (χ2v) is 1.89. The van der Waals surface area contributed by atoms with Gasteiger partial charge in [0, 0.05) is 18.7 Å². The lowest BCUT2D eigenvalue weighted by Gasteiger charge is -1.94. The molecule has 0 saturated heterocycles. The van der Waals surface area contributed by atoms with Crippen molar-refractivity contribution in [1.29, 1.82) is 0 Å². The van der Waals surface area contributed by atoms with E-state index in [0.717, 1.165) is 0 Å². The molecule has 2 amide bonds. The van der Waals surface area contributed by atoms with Crippen LogP contribution in [0, 0.1) is 0 Å². The summed E-state index contributed by atoms with van der Waals surface area (Å²) in [6.45, 7) is 2.88. The molecular weight excluding hydrogens is 132 g/mol. The molecule has 3 N–H and O–H groups in total. The highest BCUT2D eigenvalue weighted by atomic mass is 16.2. The van der Waals surface area contributed by atoms with E-state index in [0.29, 0.717) is 5.57 Å². The molecule has 0 radical (unpaired) electrons. The lowest BCUT2D eigenvalue weighted by Crippen LogP contribution is -2.18. The minimum absolute atomic E-state index is 0.222. The average Bonchev–Trinajstić information content (AvgIpc) is 1.82. The molecular formula is C6H10N2O2. The molecule has 4 heteroatoms. The molecule has 0 unspecified atom stereocenters. The Morgan fingerprint density at radius 2 is 1.90 bits per heavy atom. The zero-order chi connectivity index (χ0) is 8.15. The van der Waals surface area contributed by atoms with Crippen molar-refractivity contribution < 1.29 is 9.59 Å². The molecule has 0 fully saturated rings.